The van der Waals surface area contributed by atoms with Crippen molar-refractivity contribution in [3.05, 3.63) is 23.6 Å². The zero-order valence-electron chi connectivity index (χ0n) is 11.7. The molecule has 5 nitrogen and oxygen atoms in total. The molecule has 0 amide bonds. The summed E-state index contributed by atoms with van der Waals surface area (Å²) in [5.41, 5.74) is 9.94. The molecule has 0 saturated heterocycles. The molecular weight excluding hydrogens is 228 g/mol. The number of hydrogen-bond acceptors (Lipinski definition) is 5. The summed E-state index contributed by atoms with van der Waals surface area (Å²) < 4.78 is 0. The van der Waals surface area contributed by atoms with Gasteiger partial charge in [-0.3, -0.25) is 4.99 Å². The summed E-state index contributed by atoms with van der Waals surface area (Å²) in [6.07, 6.45) is 7.21. The van der Waals surface area contributed by atoms with E-state index in [-0.39, 0.29) is 0 Å². The van der Waals surface area contributed by atoms with Crippen molar-refractivity contribution in [3.8, 4) is 0 Å². The third kappa shape index (κ3) is 9.86. The van der Waals surface area contributed by atoms with Gasteiger partial charge in [-0.25, -0.2) is 0 Å². The van der Waals surface area contributed by atoms with Gasteiger partial charge in [0.05, 0.1) is 0 Å². The number of hydroxylamine groups is 1. The summed E-state index contributed by atoms with van der Waals surface area (Å²) in [6, 6.07) is 0. The first-order valence-corrected chi connectivity index (χ1v) is 6.38. The molecule has 0 heterocycles. The number of aliphatic imine (C=N–C) groups is 1. The van der Waals surface area contributed by atoms with Crippen molar-refractivity contribution in [2.45, 2.75) is 26.7 Å². The van der Waals surface area contributed by atoms with Gasteiger partial charge in [0.15, 0.2) is 0 Å². The van der Waals surface area contributed by atoms with Crippen LogP contribution in [0, 0.1) is 0 Å². The first-order chi connectivity index (χ1) is 8.72. The Balaban J connectivity index is 3.83. The van der Waals surface area contributed by atoms with Gasteiger partial charge in [-0.1, -0.05) is 6.92 Å². The van der Waals surface area contributed by atoms with Gasteiger partial charge in [-0.15, -0.1) is 0 Å². The fourth-order valence-corrected chi connectivity index (χ4v) is 1.18. The normalized spacial score (nSPS) is 13.3. The number of nitrogens with two attached hydrogens (primary N) is 1. The first-order valence-electron chi connectivity index (χ1n) is 6.38. The Kier molecular flexibility index (Phi) is 11.2. The van der Waals surface area contributed by atoms with Crippen LogP contribution < -0.4 is 16.5 Å². The van der Waals surface area contributed by atoms with E-state index in [0.29, 0.717) is 5.70 Å². The highest BCUT2D eigenvalue weighted by Gasteiger charge is 1.90. The largest absolute Gasteiger partial charge is 0.417 e. The van der Waals surface area contributed by atoms with Crippen molar-refractivity contribution in [2.24, 2.45) is 10.7 Å². The average Bonchev–Trinajstić information content (AvgIpc) is 2.37. The van der Waals surface area contributed by atoms with Crippen LogP contribution in [0.25, 0.3) is 0 Å². The molecule has 0 aliphatic carbocycles. The van der Waals surface area contributed by atoms with Crippen LogP contribution in [-0.2, 0) is 4.84 Å². The van der Waals surface area contributed by atoms with Gasteiger partial charge in [-0.05, 0) is 44.5 Å². The highest BCUT2D eigenvalue weighted by atomic mass is 16.6. The highest BCUT2D eigenvalue weighted by Crippen LogP contribution is 1.96. The maximum absolute atomic E-state index is 5.82. The van der Waals surface area contributed by atoms with E-state index in [2.05, 4.69) is 22.7 Å². The topological polar surface area (TPSA) is 71.7 Å². The lowest BCUT2D eigenvalue weighted by atomic mass is 10.2. The summed E-state index contributed by atoms with van der Waals surface area (Å²) in [7, 11) is 1.69. The predicted molar refractivity (Wildman–Crippen MR) is 77.3 cm³/mol. The van der Waals surface area contributed by atoms with Crippen LogP contribution in [-0.4, -0.2) is 32.9 Å². The molecule has 5 heteroatoms. The van der Waals surface area contributed by atoms with E-state index in [1.54, 1.807) is 19.3 Å². The standard InChI is InChI=1S/C13H26N4O/c1-4-7-16-8-5-9-17-11-12(2)13(14)6-10-18-15-3/h6,10-11,15-16H,4-5,7-9,14H2,1-3H3/b10-6+,13-12?,17-11?. The van der Waals surface area contributed by atoms with Crippen molar-refractivity contribution in [3.63, 3.8) is 0 Å². The zero-order valence-corrected chi connectivity index (χ0v) is 11.7. The Morgan fingerprint density at radius 2 is 2.17 bits per heavy atom. The molecule has 4 N–H and O–H groups in total. The van der Waals surface area contributed by atoms with Crippen LogP contribution >= 0.6 is 0 Å². The average molecular weight is 254 g/mol. The summed E-state index contributed by atoms with van der Waals surface area (Å²) >= 11 is 0. The molecule has 0 aromatic rings. The number of nitrogens with one attached hydrogen (secondary N) is 2. The molecule has 0 aromatic carbocycles. The van der Waals surface area contributed by atoms with Crippen molar-refractivity contribution >= 4 is 6.21 Å². The summed E-state index contributed by atoms with van der Waals surface area (Å²) in [6.45, 7) is 6.99. The Morgan fingerprint density at radius 1 is 1.39 bits per heavy atom. The maximum Gasteiger partial charge on any atom is 0.113 e. The van der Waals surface area contributed by atoms with Crippen LogP contribution in [0.2, 0.25) is 0 Å². The second-order valence-electron chi connectivity index (χ2n) is 3.90. The predicted octanol–water partition coefficient (Wildman–Crippen LogP) is 1.34. The lowest BCUT2D eigenvalue weighted by molar-refractivity contribution is 0.158. The maximum atomic E-state index is 5.82. The molecule has 18 heavy (non-hydrogen) atoms. The Hall–Kier alpha value is -1.33. The van der Waals surface area contributed by atoms with Gasteiger partial charge in [0.25, 0.3) is 0 Å². The van der Waals surface area contributed by atoms with Crippen molar-refractivity contribution in [1.29, 1.82) is 0 Å². The minimum Gasteiger partial charge on any atom is -0.417 e. The summed E-state index contributed by atoms with van der Waals surface area (Å²) in [4.78, 5) is 9.16. The molecule has 0 spiro atoms. The van der Waals surface area contributed by atoms with Gasteiger partial charge in [0, 0.05) is 25.5 Å². The van der Waals surface area contributed by atoms with Gasteiger partial charge in [0.2, 0.25) is 0 Å². The van der Waals surface area contributed by atoms with E-state index in [0.717, 1.165) is 31.6 Å². The Morgan fingerprint density at radius 3 is 2.83 bits per heavy atom. The quantitative estimate of drug-likeness (QED) is 0.181. The number of nitrogens with zero attached hydrogens (tertiary/aromatic N) is 1. The van der Waals surface area contributed by atoms with Gasteiger partial charge >= 0.3 is 0 Å². The lowest BCUT2D eigenvalue weighted by Crippen LogP contribution is -2.16. The molecule has 0 rings (SSSR count). The summed E-state index contributed by atoms with van der Waals surface area (Å²) in [5.74, 6) is 0. The molecule has 0 fully saturated rings. The van der Waals surface area contributed by atoms with Crippen LogP contribution in [0.5, 0.6) is 0 Å². The molecule has 0 aliphatic rings. The molecule has 0 aromatic heterocycles. The third-order valence-electron chi connectivity index (χ3n) is 2.24. The minimum absolute atomic E-state index is 0.651. The molecule has 0 saturated carbocycles. The molecule has 0 unspecified atom stereocenters. The molecule has 0 atom stereocenters. The second-order valence-corrected chi connectivity index (χ2v) is 3.90. The molecule has 104 valence electrons. The van der Waals surface area contributed by atoms with E-state index < -0.39 is 0 Å². The number of allylic oxidation sites excluding steroid dienone is 2. The second kappa shape index (κ2) is 12.1. The molecule has 0 radical (unpaired) electrons. The van der Waals surface area contributed by atoms with E-state index >= 15 is 0 Å². The third-order valence-corrected chi connectivity index (χ3v) is 2.24. The number of hydrogen-bond donors (Lipinski definition) is 3. The minimum atomic E-state index is 0.651. The Bertz CT molecular complexity index is 285. The smallest absolute Gasteiger partial charge is 0.113 e. The monoisotopic (exact) mass is 254 g/mol. The molecule has 0 aliphatic heterocycles. The van der Waals surface area contributed by atoms with E-state index in [1.807, 2.05) is 6.92 Å². The molecular formula is C13H26N4O. The van der Waals surface area contributed by atoms with Gasteiger partial charge in [0.1, 0.15) is 6.26 Å². The van der Waals surface area contributed by atoms with Crippen LogP contribution in [0.4, 0.5) is 0 Å². The van der Waals surface area contributed by atoms with Crippen LogP contribution in [0.1, 0.15) is 26.7 Å². The van der Waals surface area contributed by atoms with Crippen LogP contribution in [0.3, 0.4) is 0 Å². The van der Waals surface area contributed by atoms with E-state index in [4.69, 9.17) is 10.6 Å². The van der Waals surface area contributed by atoms with Crippen molar-refractivity contribution in [1.82, 2.24) is 10.8 Å². The fraction of sp³-hybridized carbons (Fsp3) is 0.615. The Labute approximate surface area is 110 Å². The van der Waals surface area contributed by atoms with Gasteiger partial charge < -0.3 is 15.9 Å². The first kappa shape index (κ1) is 16.7. The molecule has 0 bridgehead atoms. The SMILES string of the molecule is CCCNCCCN=CC(C)=C(N)/C=C/ONC. The van der Waals surface area contributed by atoms with Crippen molar-refractivity contribution < 1.29 is 4.84 Å². The highest BCUT2D eigenvalue weighted by molar-refractivity contribution is 5.79. The fourth-order valence-electron chi connectivity index (χ4n) is 1.18. The van der Waals surface area contributed by atoms with Gasteiger partial charge in [-0.2, -0.15) is 5.48 Å². The van der Waals surface area contributed by atoms with Crippen molar-refractivity contribution in [2.75, 3.05) is 26.7 Å². The zero-order chi connectivity index (χ0) is 13.6. The summed E-state index contributed by atoms with van der Waals surface area (Å²) in [5, 5.41) is 3.34. The van der Waals surface area contributed by atoms with E-state index in [1.165, 1.54) is 12.7 Å². The van der Waals surface area contributed by atoms with E-state index in [9.17, 15) is 0 Å². The van der Waals surface area contributed by atoms with Crippen LogP contribution in [0.15, 0.2) is 28.6 Å². The lowest BCUT2D eigenvalue weighted by Gasteiger charge is -2.00. The number of rotatable bonds is 10.